The lowest BCUT2D eigenvalue weighted by Crippen LogP contribution is -2.13. The Bertz CT molecular complexity index is 786. The molecule has 0 amide bonds. The summed E-state index contributed by atoms with van der Waals surface area (Å²) in [6.07, 6.45) is 1.69. The smallest absolute Gasteiger partial charge is 0.250 e. The van der Waals surface area contributed by atoms with E-state index in [1.807, 2.05) is 0 Å². The summed E-state index contributed by atoms with van der Waals surface area (Å²) in [5.74, 6) is 0.478. The quantitative estimate of drug-likeness (QED) is 0.659. The number of anilines is 1. The second kappa shape index (κ2) is 3.73. The monoisotopic (exact) mass is 241 g/mol. The van der Waals surface area contributed by atoms with E-state index in [1.54, 1.807) is 37.5 Å². The minimum absolute atomic E-state index is 0.0703. The van der Waals surface area contributed by atoms with Gasteiger partial charge in [-0.25, -0.2) is 4.98 Å². The summed E-state index contributed by atoms with van der Waals surface area (Å²) in [5, 5.41) is 0. The van der Waals surface area contributed by atoms with Crippen LogP contribution in [0.15, 0.2) is 45.7 Å². The van der Waals surface area contributed by atoms with Crippen molar-refractivity contribution in [2.24, 2.45) is 7.05 Å². The van der Waals surface area contributed by atoms with Crippen LogP contribution in [0.1, 0.15) is 0 Å². The third-order valence-electron chi connectivity index (χ3n) is 2.74. The number of aryl methyl sites for hydroxylation is 1. The Morgan fingerprint density at radius 3 is 2.89 bits per heavy atom. The van der Waals surface area contributed by atoms with Crippen LogP contribution in [-0.4, -0.2) is 9.55 Å². The van der Waals surface area contributed by atoms with Crippen molar-refractivity contribution in [3.63, 3.8) is 0 Å². The molecule has 1 aromatic carbocycles. The van der Waals surface area contributed by atoms with E-state index in [9.17, 15) is 4.79 Å². The molecule has 2 aromatic heterocycles. The molecule has 18 heavy (non-hydrogen) atoms. The third-order valence-corrected chi connectivity index (χ3v) is 2.74. The van der Waals surface area contributed by atoms with Crippen LogP contribution in [0.3, 0.4) is 0 Å². The molecule has 0 atom stereocenters. The summed E-state index contributed by atoms with van der Waals surface area (Å²) in [6, 6.07) is 8.47. The van der Waals surface area contributed by atoms with E-state index in [0.717, 1.165) is 5.56 Å². The van der Waals surface area contributed by atoms with Crippen molar-refractivity contribution in [2.45, 2.75) is 0 Å². The van der Waals surface area contributed by atoms with Crippen molar-refractivity contribution < 1.29 is 4.42 Å². The van der Waals surface area contributed by atoms with Crippen LogP contribution >= 0.6 is 0 Å². The Balaban J connectivity index is 2.19. The SMILES string of the molecule is Cn1cc(-c2nc3cc(N)ccc3o2)ccc1=O. The van der Waals surface area contributed by atoms with E-state index in [-0.39, 0.29) is 5.56 Å². The predicted octanol–water partition coefficient (Wildman–Crippen LogP) is 1.78. The first-order chi connectivity index (χ1) is 8.63. The first-order valence-corrected chi connectivity index (χ1v) is 5.46. The predicted molar refractivity (Wildman–Crippen MR) is 69.1 cm³/mol. The molecule has 0 fully saturated rings. The maximum Gasteiger partial charge on any atom is 0.250 e. The lowest BCUT2D eigenvalue weighted by Gasteiger charge is -1.98. The van der Waals surface area contributed by atoms with Crippen molar-refractivity contribution >= 4 is 16.8 Å². The number of fused-ring (bicyclic) bond motifs is 1. The van der Waals surface area contributed by atoms with Gasteiger partial charge in [-0.2, -0.15) is 0 Å². The molecule has 0 radical (unpaired) electrons. The molecule has 2 N–H and O–H groups in total. The van der Waals surface area contributed by atoms with Gasteiger partial charge in [0.25, 0.3) is 0 Å². The fourth-order valence-corrected chi connectivity index (χ4v) is 1.79. The van der Waals surface area contributed by atoms with E-state index in [4.69, 9.17) is 10.2 Å². The van der Waals surface area contributed by atoms with Gasteiger partial charge in [-0.3, -0.25) is 4.79 Å². The van der Waals surface area contributed by atoms with Crippen LogP contribution in [0.5, 0.6) is 0 Å². The van der Waals surface area contributed by atoms with E-state index in [0.29, 0.717) is 22.7 Å². The van der Waals surface area contributed by atoms with Gasteiger partial charge < -0.3 is 14.7 Å². The fourth-order valence-electron chi connectivity index (χ4n) is 1.79. The number of aromatic nitrogens is 2. The lowest BCUT2D eigenvalue weighted by molar-refractivity contribution is 0.618. The summed E-state index contributed by atoms with van der Waals surface area (Å²) < 4.78 is 7.11. The second-order valence-corrected chi connectivity index (χ2v) is 4.11. The number of nitrogens with zero attached hydrogens (tertiary/aromatic N) is 2. The standard InChI is InChI=1S/C13H11N3O2/c1-16-7-8(2-5-12(16)17)13-15-10-6-9(14)3-4-11(10)18-13/h2-7H,14H2,1H3. The summed E-state index contributed by atoms with van der Waals surface area (Å²) in [5.41, 5.74) is 8.40. The molecule has 0 bridgehead atoms. The Morgan fingerprint density at radius 1 is 1.28 bits per heavy atom. The van der Waals surface area contributed by atoms with Crippen molar-refractivity contribution in [3.8, 4) is 11.5 Å². The minimum atomic E-state index is -0.0703. The molecule has 3 aromatic rings. The van der Waals surface area contributed by atoms with Crippen molar-refractivity contribution in [1.82, 2.24) is 9.55 Å². The second-order valence-electron chi connectivity index (χ2n) is 4.11. The van der Waals surface area contributed by atoms with Crippen LogP contribution in [-0.2, 0) is 7.05 Å². The molecule has 0 aliphatic carbocycles. The summed E-state index contributed by atoms with van der Waals surface area (Å²) in [4.78, 5) is 15.7. The molecular formula is C13H11N3O2. The van der Waals surface area contributed by atoms with Crippen LogP contribution in [0.25, 0.3) is 22.6 Å². The highest BCUT2D eigenvalue weighted by Crippen LogP contribution is 2.24. The molecular weight excluding hydrogens is 230 g/mol. The summed E-state index contributed by atoms with van der Waals surface area (Å²) >= 11 is 0. The van der Waals surface area contributed by atoms with E-state index >= 15 is 0 Å². The number of nitrogens with two attached hydrogens (primary N) is 1. The van der Waals surface area contributed by atoms with Gasteiger partial charge in [0.15, 0.2) is 5.58 Å². The maximum absolute atomic E-state index is 11.3. The molecule has 0 saturated carbocycles. The molecule has 0 saturated heterocycles. The number of pyridine rings is 1. The van der Waals surface area contributed by atoms with E-state index in [1.165, 1.54) is 10.6 Å². The van der Waals surface area contributed by atoms with Gasteiger partial charge in [-0.1, -0.05) is 0 Å². The molecule has 3 rings (SSSR count). The molecule has 0 aliphatic rings. The average molecular weight is 241 g/mol. The zero-order chi connectivity index (χ0) is 12.7. The molecule has 2 heterocycles. The molecule has 5 nitrogen and oxygen atoms in total. The lowest BCUT2D eigenvalue weighted by atomic mass is 10.3. The molecule has 0 unspecified atom stereocenters. The zero-order valence-corrected chi connectivity index (χ0v) is 9.75. The fraction of sp³-hybridized carbons (Fsp3) is 0.0769. The van der Waals surface area contributed by atoms with Gasteiger partial charge in [0.1, 0.15) is 5.52 Å². The number of hydrogen-bond acceptors (Lipinski definition) is 4. The molecule has 5 heteroatoms. The Kier molecular flexibility index (Phi) is 2.19. The maximum atomic E-state index is 11.3. The Morgan fingerprint density at radius 2 is 2.11 bits per heavy atom. The van der Waals surface area contributed by atoms with Crippen LogP contribution in [0, 0.1) is 0 Å². The number of benzene rings is 1. The van der Waals surface area contributed by atoms with Gasteiger partial charge >= 0.3 is 0 Å². The largest absolute Gasteiger partial charge is 0.436 e. The van der Waals surface area contributed by atoms with Crippen molar-refractivity contribution in [3.05, 3.63) is 46.9 Å². The Hall–Kier alpha value is -2.56. The van der Waals surface area contributed by atoms with Crippen molar-refractivity contribution in [1.29, 1.82) is 0 Å². The van der Waals surface area contributed by atoms with E-state index < -0.39 is 0 Å². The normalized spacial score (nSPS) is 10.9. The highest BCUT2D eigenvalue weighted by Gasteiger charge is 2.08. The number of nitrogen functional groups attached to an aromatic ring is 1. The minimum Gasteiger partial charge on any atom is -0.436 e. The first kappa shape index (κ1) is 10.6. The summed E-state index contributed by atoms with van der Waals surface area (Å²) in [6.45, 7) is 0. The molecule has 0 aliphatic heterocycles. The van der Waals surface area contributed by atoms with Crippen LogP contribution < -0.4 is 11.3 Å². The summed E-state index contributed by atoms with van der Waals surface area (Å²) in [7, 11) is 1.69. The van der Waals surface area contributed by atoms with Gasteiger partial charge in [0.2, 0.25) is 11.4 Å². The first-order valence-electron chi connectivity index (χ1n) is 5.46. The Labute approximate surface area is 102 Å². The molecule has 90 valence electrons. The van der Waals surface area contributed by atoms with Gasteiger partial charge in [0, 0.05) is 25.0 Å². The van der Waals surface area contributed by atoms with Crippen LogP contribution in [0.4, 0.5) is 5.69 Å². The van der Waals surface area contributed by atoms with Gasteiger partial charge in [0.05, 0.1) is 5.56 Å². The average Bonchev–Trinajstić information content (AvgIpc) is 2.75. The number of rotatable bonds is 1. The number of hydrogen-bond donors (Lipinski definition) is 1. The van der Waals surface area contributed by atoms with E-state index in [2.05, 4.69) is 4.98 Å². The highest BCUT2D eigenvalue weighted by atomic mass is 16.3. The van der Waals surface area contributed by atoms with Crippen LogP contribution in [0.2, 0.25) is 0 Å². The zero-order valence-electron chi connectivity index (χ0n) is 9.75. The molecule has 0 spiro atoms. The highest BCUT2D eigenvalue weighted by molar-refractivity contribution is 5.79. The third kappa shape index (κ3) is 1.66. The van der Waals surface area contributed by atoms with Gasteiger partial charge in [-0.05, 0) is 24.3 Å². The number of oxazole rings is 1. The van der Waals surface area contributed by atoms with Crippen molar-refractivity contribution in [2.75, 3.05) is 5.73 Å². The van der Waals surface area contributed by atoms with Gasteiger partial charge in [-0.15, -0.1) is 0 Å². The topological polar surface area (TPSA) is 74.1 Å².